The number of nitrogens with zero attached hydrogens (tertiary/aromatic N) is 1. The lowest BCUT2D eigenvalue weighted by Crippen LogP contribution is -2.44. The van der Waals surface area contributed by atoms with Crippen LogP contribution in [0.1, 0.15) is 25.7 Å². The van der Waals surface area contributed by atoms with E-state index in [4.69, 9.17) is 4.74 Å². The summed E-state index contributed by atoms with van der Waals surface area (Å²) < 4.78 is 5.61. The van der Waals surface area contributed by atoms with Gasteiger partial charge in [0.05, 0.1) is 24.0 Å². The van der Waals surface area contributed by atoms with Crippen LogP contribution in [-0.4, -0.2) is 47.2 Å². The number of likely N-dealkylation sites (tertiary alicyclic amines) is 1. The number of hydrogen-bond acceptors (Lipinski definition) is 3. The Balaban J connectivity index is 1.80. The fourth-order valence-corrected chi connectivity index (χ4v) is 3.45. The molecule has 5 nitrogen and oxygen atoms in total. The van der Waals surface area contributed by atoms with E-state index in [1.807, 2.05) is 4.90 Å². The van der Waals surface area contributed by atoms with Crippen LogP contribution in [-0.2, 0) is 14.3 Å². The molecular weight excluding hydrogens is 222 g/mol. The Bertz CT molecular complexity index is 350. The molecule has 0 saturated carbocycles. The van der Waals surface area contributed by atoms with Gasteiger partial charge in [0.2, 0.25) is 5.91 Å². The molecule has 94 valence electrons. The number of carbonyl (C=O) groups is 2. The van der Waals surface area contributed by atoms with E-state index in [0.29, 0.717) is 0 Å². The van der Waals surface area contributed by atoms with E-state index in [2.05, 4.69) is 0 Å². The summed E-state index contributed by atoms with van der Waals surface area (Å²) in [6, 6.07) is 0. The Hall–Kier alpha value is -1.10. The van der Waals surface area contributed by atoms with Crippen molar-refractivity contribution in [1.29, 1.82) is 0 Å². The van der Waals surface area contributed by atoms with Crippen molar-refractivity contribution in [3.8, 4) is 0 Å². The van der Waals surface area contributed by atoms with E-state index in [9.17, 15) is 14.7 Å². The summed E-state index contributed by atoms with van der Waals surface area (Å²) >= 11 is 0. The SMILES string of the molecule is O=C(O)C1C(C(=O)N2CCCC2)[C@@H]2CC[C@H]1O2. The number of rotatable bonds is 2. The highest BCUT2D eigenvalue weighted by Crippen LogP contribution is 2.44. The molecule has 5 heteroatoms. The molecule has 0 aromatic carbocycles. The number of carboxylic acids is 1. The average Bonchev–Trinajstić information content (AvgIpc) is 3.02. The Morgan fingerprint density at radius 2 is 1.65 bits per heavy atom. The van der Waals surface area contributed by atoms with Gasteiger partial charge < -0.3 is 14.7 Å². The number of ether oxygens (including phenoxy) is 1. The summed E-state index contributed by atoms with van der Waals surface area (Å²) in [6.07, 6.45) is 3.28. The molecule has 0 aromatic rings. The predicted molar refractivity (Wildman–Crippen MR) is 58.3 cm³/mol. The van der Waals surface area contributed by atoms with Gasteiger partial charge in [0.25, 0.3) is 0 Å². The minimum Gasteiger partial charge on any atom is -0.481 e. The van der Waals surface area contributed by atoms with Gasteiger partial charge in [-0.3, -0.25) is 9.59 Å². The number of hydrogen-bond donors (Lipinski definition) is 1. The molecule has 0 aliphatic carbocycles. The third-order valence-corrected chi connectivity index (χ3v) is 4.26. The fourth-order valence-electron chi connectivity index (χ4n) is 3.45. The van der Waals surface area contributed by atoms with Crippen LogP contribution in [0.2, 0.25) is 0 Å². The second-order valence-electron chi connectivity index (χ2n) is 5.21. The number of fused-ring (bicyclic) bond motifs is 2. The predicted octanol–water partition coefficient (Wildman–Crippen LogP) is 0.487. The standard InChI is InChI=1S/C12H17NO4/c14-11(13-5-1-2-6-13)9-7-3-4-8(17-7)10(9)12(15)16/h7-10H,1-6H2,(H,15,16)/t7-,8+,9?,10?/m0/s1. The van der Waals surface area contributed by atoms with Gasteiger partial charge >= 0.3 is 5.97 Å². The van der Waals surface area contributed by atoms with Gasteiger partial charge in [-0.05, 0) is 25.7 Å². The lowest BCUT2D eigenvalue weighted by molar-refractivity contribution is -0.150. The highest BCUT2D eigenvalue weighted by molar-refractivity contribution is 5.86. The molecule has 4 atom stereocenters. The van der Waals surface area contributed by atoms with Crippen molar-refractivity contribution >= 4 is 11.9 Å². The topological polar surface area (TPSA) is 66.8 Å². The average molecular weight is 239 g/mol. The zero-order valence-corrected chi connectivity index (χ0v) is 9.67. The number of amides is 1. The molecule has 3 aliphatic heterocycles. The molecule has 3 saturated heterocycles. The summed E-state index contributed by atoms with van der Waals surface area (Å²) in [7, 11) is 0. The lowest BCUT2D eigenvalue weighted by atomic mass is 9.78. The molecule has 0 aromatic heterocycles. The van der Waals surface area contributed by atoms with Crippen molar-refractivity contribution in [2.24, 2.45) is 11.8 Å². The van der Waals surface area contributed by atoms with E-state index in [1.165, 1.54) is 0 Å². The first-order valence-electron chi connectivity index (χ1n) is 6.35. The second-order valence-corrected chi connectivity index (χ2v) is 5.21. The van der Waals surface area contributed by atoms with E-state index in [-0.39, 0.29) is 18.1 Å². The van der Waals surface area contributed by atoms with Gasteiger partial charge in [-0.25, -0.2) is 0 Å². The van der Waals surface area contributed by atoms with Crippen LogP contribution in [0, 0.1) is 11.8 Å². The van der Waals surface area contributed by atoms with Crippen molar-refractivity contribution in [2.75, 3.05) is 13.1 Å². The maximum absolute atomic E-state index is 12.3. The Morgan fingerprint density at radius 1 is 1.06 bits per heavy atom. The lowest BCUT2D eigenvalue weighted by Gasteiger charge is -2.27. The molecule has 2 unspecified atom stereocenters. The minimum absolute atomic E-state index is 0.00194. The van der Waals surface area contributed by atoms with Gasteiger partial charge in [0.1, 0.15) is 0 Å². The normalized spacial score (nSPS) is 39.9. The zero-order chi connectivity index (χ0) is 12.0. The van der Waals surface area contributed by atoms with Gasteiger partial charge in [-0.2, -0.15) is 0 Å². The van der Waals surface area contributed by atoms with Crippen LogP contribution in [0.25, 0.3) is 0 Å². The highest BCUT2D eigenvalue weighted by atomic mass is 16.5. The number of carboxylic acid groups (broad SMARTS) is 1. The summed E-state index contributed by atoms with van der Waals surface area (Å²) in [5.41, 5.74) is 0. The smallest absolute Gasteiger partial charge is 0.310 e. The van der Waals surface area contributed by atoms with E-state index >= 15 is 0 Å². The first-order valence-corrected chi connectivity index (χ1v) is 6.35. The summed E-state index contributed by atoms with van der Waals surface area (Å²) in [4.78, 5) is 25.4. The van der Waals surface area contributed by atoms with Crippen molar-refractivity contribution < 1.29 is 19.4 Å². The van der Waals surface area contributed by atoms with E-state index < -0.39 is 17.8 Å². The minimum atomic E-state index is -0.880. The third kappa shape index (κ3) is 1.64. The summed E-state index contributed by atoms with van der Waals surface area (Å²) in [5.74, 6) is -1.94. The van der Waals surface area contributed by atoms with Crippen LogP contribution in [0.5, 0.6) is 0 Å². The molecule has 3 heterocycles. The Labute approximate surface area is 99.7 Å². The first kappa shape index (κ1) is 11.0. The maximum Gasteiger partial charge on any atom is 0.310 e. The quantitative estimate of drug-likeness (QED) is 0.761. The van der Waals surface area contributed by atoms with Crippen molar-refractivity contribution in [3.63, 3.8) is 0 Å². The molecule has 0 radical (unpaired) electrons. The van der Waals surface area contributed by atoms with E-state index in [0.717, 1.165) is 38.8 Å². The number of carbonyl (C=O) groups excluding carboxylic acids is 1. The Kier molecular flexibility index (Phi) is 2.58. The van der Waals surface area contributed by atoms with Gasteiger partial charge in [0, 0.05) is 13.1 Å². The third-order valence-electron chi connectivity index (χ3n) is 4.26. The fraction of sp³-hybridized carbons (Fsp3) is 0.833. The molecule has 3 fully saturated rings. The second kappa shape index (κ2) is 3.98. The molecule has 0 spiro atoms. The highest BCUT2D eigenvalue weighted by Gasteiger charge is 2.56. The Morgan fingerprint density at radius 3 is 2.24 bits per heavy atom. The molecule has 3 aliphatic rings. The zero-order valence-electron chi connectivity index (χ0n) is 9.67. The van der Waals surface area contributed by atoms with Gasteiger partial charge in [-0.1, -0.05) is 0 Å². The van der Waals surface area contributed by atoms with Crippen LogP contribution in [0.15, 0.2) is 0 Å². The van der Waals surface area contributed by atoms with Crippen LogP contribution < -0.4 is 0 Å². The van der Waals surface area contributed by atoms with Crippen LogP contribution in [0.3, 0.4) is 0 Å². The molecule has 3 rings (SSSR count). The maximum atomic E-state index is 12.3. The molecular formula is C12H17NO4. The van der Waals surface area contributed by atoms with Gasteiger partial charge in [-0.15, -0.1) is 0 Å². The molecule has 2 bridgehead atoms. The van der Waals surface area contributed by atoms with Crippen LogP contribution in [0.4, 0.5) is 0 Å². The molecule has 17 heavy (non-hydrogen) atoms. The van der Waals surface area contributed by atoms with Crippen molar-refractivity contribution in [1.82, 2.24) is 4.90 Å². The van der Waals surface area contributed by atoms with E-state index in [1.54, 1.807) is 0 Å². The van der Waals surface area contributed by atoms with Crippen molar-refractivity contribution in [3.05, 3.63) is 0 Å². The van der Waals surface area contributed by atoms with Crippen molar-refractivity contribution in [2.45, 2.75) is 37.9 Å². The largest absolute Gasteiger partial charge is 0.481 e. The molecule has 1 amide bonds. The molecule has 1 N–H and O–H groups in total. The first-order chi connectivity index (χ1) is 8.18. The monoisotopic (exact) mass is 239 g/mol. The van der Waals surface area contributed by atoms with Crippen LogP contribution >= 0.6 is 0 Å². The van der Waals surface area contributed by atoms with Gasteiger partial charge in [0.15, 0.2) is 0 Å². The number of aliphatic carboxylic acids is 1. The summed E-state index contributed by atoms with van der Waals surface area (Å²) in [6.45, 7) is 1.55. The summed E-state index contributed by atoms with van der Waals surface area (Å²) in [5, 5.41) is 9.25.